The molecule has 2 rings (SSSR count). The summed E-state index contributed by atoms with van der Waals surface area (Å²) >= 11 is 3.34. The number of hydrogen-bond acceptors (Lipinski definition) is 3. The molecule has 0 bridgehead atoms. The van der Waals surface area contributed by atoms with Gasteiger partial charge in [0.2, 0.25) is 5.88 Å². The molecule has 0 saturated heterocycles. The first-order chi connectivity index (χ1) is 7.56. The van der Waals surface area contributed by atoms with Crippen LogP contribution >= 0.6 is 15.9 Å². The average Bonchev–Trinajstić information content (AvgIpc) is 2.51. The van der Waals surface area contributed by atoms with Crippen LogP contribution in [0.4, 0.5) is 5.69 Å². The van der Waals surface area contributed by atoms with Crippen LogP contribution in [0.1, 0.15) is 11.3 Å². The molecule has 0 unspecified atom stereocenters. The van der Waals surface area contributed by atoms with Gasteiger partial charge in [-0.05, 0) is 23.8 Å². The topological polar surface area (TPSA) is 94.9 Å². The second-order valence-electron chi connectivity index (χ2n) is 3.43. The fourth-order valence-electron chi connectivity index (χ4n) is 1.46. The highest BCUT2D eigenvalue weighted by Crippen LogP contribution is 2.22. The van der Waals surface area contributed by atoms with Crippen LogP contribution in [0.3, 0.4) is 0 Å². The van der Waals surface area contributed by atoms with E-state index in [2.05, 4.69) is 25.9 Å². The van der Waals surface area contributed by atoms with E-state index in [1.807, 2.05) is 12.1 Å². The summed E-state index contributed by atoms with van der Waals surface area (Å²) in [5.41, 5.74) is 7.23. The van der Waals surface area contributed by atoms with Crippen molar-refractivity contribution in [2.75, 3.05) is 5.73 Å². The van der Waals surface area contributed by atoms with Crippen molar-refractivity contribution in [2.45, 2.75) is 6.42 Å². The molecule has 0 fully saturated rings. The summed E-state index contributed by atoms with van der Waals surface area (Å²) in [7, 11) is 0. The number of nitrogen functional groups attached to an aromatic ring is 1. The summed E-state index contributed by atoms with van der Waals surface area (Å²) in [6, 6.07) is 5.44. The van der Waals surface area contributed by atoms with Crippen molar-refractivity contribution >= 4 is 21.6 Å². The van der Waals surface area contributed by atoms with E-state index in [0.29, 0.717) is 17.8 Å². The Bertz CT molecular complexity index is 574. The Labute approximate surface area is 99.4 Å². The molecule has 5 nitrogen and oxygen atoms in total. The van der Waals surface area contributed by atoms with Crippen LogP contribution in [-0.4, -0.2) is 15.1 Å². The Kier molecular flexibility index (Phi) is 2.74. The Hall–Kier alpha value is -1.69. The second kappa shape index (κ2) is 4.05. The number of nitrogens with two attached hydrogens (primary N) is 1. The number of aromatic nitrogens is 2. The molecule has 0 spiro atoms. The molecule has 0 radical (unpaired) electrons. The molecule has 0 aliphatic rings. The van der Waals surface area contributed by atoms with Gasteiger partial charge in [-0.25, -0.2) is 4.79 Å². The van der Waals surface area contributed by atoms with Gasteiger partial charge in [-0.3, -0.25) is 4.98 Å². The molecule has 1 heterocycles. The lowest BCUT2D eigenvalue weighted by atomic mass is 10.1. The van der Waals surface area contributed by atoms with Gasteiger partial charge >= 0.3 is 5.69 Å². The molecule has 2 aromatic rings. The van der Waals surface area contributed by atoms with E-state index in [1.165, 1.54) is 0 Å². The first-order valence-corrected chi connectivity index (χ1v) is 5.39. The molecular weight excluding hydrogens is 274 g/mol. The largest absolute Gasteiger partial charge is 0.493 e. The van der Waals surface area contributed by atoms with Gasteiger partial charge in [0.05, 0.1) is 5.69 Å². The number of benzene rings is 1. The van der Waals surface area contributed by atoms with Crippen molar-refractivity contribution in [2.24, 2.45) is 0 Å². The Balaban J connectivity index is 2.37. The summed E-state index contributed by atoms with van der Waals surface area (Å²) < 4.78 is 0.897. The number of aromatic hydroxyl groups is 1. The van der Waals surface area contributed by atoms with Crippen LogP contribution in [0, 0.1) is 0 Å². The Morgan fingerprint density at radius 2 is 2.12 bits per heavy atom. The number of anilines is 1. The van der Waals surface area contributed by atoms with Crippen molar-refractivity contribution < 1.29 is 5.11 Å². The maximum Gasteiger partial charge on any atom is 0.325 e. The molecule has 0 amide bonds. The fraction of sp³-hybridized carbons (Fsp3) is 0.100. The van der Waals surface area contributed by atoms with Crippen LogP contribution in [0.5, 0.6) is 5.88 Å². The number of imidazole rings is 1. The molecule has 0 atom stereocenters. The normalized spacial score (nSPS) is 10.6. The number of hydrogen-bond donors (Lipinski definition) is 4. The second-order valence-corrected chi connectivity index (χ2v) is 4.34. The van der Waals surface area contributed by atoms with Gasteiger partial charge in [-0.15, -0.1) is 0 Å². The first-order valence-electron chi connectivity index (χ1n) is 4.60. The van der Waals surface area contributed by atoms with Crippen LogP contribution in [0.2, 0.25) is 0 Å². The van der Waals surface area contributed by atoms with Crippen LogP contribution in [0.15, 0.2) is 27.5 Å². The van der Waals surface area contributed by atoms with E-state index in [-0.39, 0.29) is 5.88 Å². The molecule has 84 valence electrons. The van der Waals surface area contributed by atoms with Gasteiger partial charge in [0, 0.05) is 16.6 Å². The summed E-state index contributed by atoms with van der Waals surface area (Å²) in [6.45, 7) is 0. The Morgan fingerprint density at radius 1 is 1.38 bits per heavy atom. The number of nitrogens with one attached hydrogen (secondary N) is 2. The minimum absolute atomic E-state index is 0.149. The summed E-state index contributed by atoms with van der Waals surface area (Å²) in [5.74, 6) is -0.149. The molecule has 1 aromatic carbocycles. The lowest BCUT2D eigenvalue weighted by Crippen LogP contribution is -2.02. The molecule has 6 heteroatoms. The van der Waals surface area contributed by atoms with Crippen molar-refractivity contribution in [3.8, 4) is 5.88 Å². The SMILES string of the molecule is Nc1ccc(Br)cc1Cc1[nH]c(=O)[nH]c1O. The van der Waals surface area contributed by atoms with Gasteiger partial charge in [-0.1, -0.05) is 15.9 Å². The minimum atomic E-state index is -0.430. The number of rotatable bonds is 2. The van der Waals surface area contributed by atoms with Gasteiger partial charge in [0.1, 0.15) is 0 Å². The smallest absolute Gasteiger partial charge is 0.325 e. The number of halogens is 1. The predicted molar refractivity (Wildman–Crippen MR) is 64.4 cm³/mol. The summed E-state index contributed by atoms with van der Waals surface area (Å²) in [4.78, 5) is 15.7. The van der Waals surface area contributed by atoms with E-state index in [9.17, 15) is 9.90 Å². The van der Waals surface area contributed by atoms with Gasteiger partial charge in [-0.2, -0.15) is 0 Å². The van der Waals surface area contributed by atoms with Crippen LogP contribution in [-0.2, 0) is 6.42 Å². The van der Waals surface area contributed by atoms with E-state index in [1.54, 1.807) is 6.07 Å². The van der Waals surface area contributed by atoms with Crippen LogP contribution < -0.4 is 11.4 Å². The monoisotopic (exact) mass is 283 g/mol. The standard InChI is InChI=1S/C10H10BrN3O2/c11-6-1-2-7(12)5(3-6)4-8-9(15)14-10(16)13-8/h1-3,15H,4,12H2,(H2,13,14,16). The highest BCUT2D eigenvalue weighted by Gasteiger charge is 2.08. The van der Waals surface area contributed by atoms with Crippen molar-refractivity contribution in [1.82, 2.24) is 9.97 Å². The zero-order valence-electron chi connectivity index (χ0n) is 8.25. The van der Waals surface area contributed by atoms with Crippen molar-refractivity contribution in [3.05, 3.63) is 44.4 Å². The highest BCUT2D eigenvalue weighted by atomic mass is 79.9. The summed E-state index contributed by atoms with van der Waals surface area (Å²) in [5, 5.41) is 9.41. The van der Waals surface area contributed by atoms with E-state index in [0.717, 1.165) is 10.0 Å². The fourth-order valence-corrected chi connectivity index (χ4v) is 1.86. The third-order valence-corrected chi connectivity index (χ3v) is 2.75. The van der Waals surface area contributed by atoms with E-state index < -0.39 is 5.69 Å². The molecule has 16 heavy (non-hydrogen) atoms. The zero-order valence-corrected chi connectivity index (χ0v) is 9.84. The molecule has 5 N–H and O–H groups in total. The predicted octanol–water partition coefficient (Wildman–Crippen LogP) is 1.34. The lowest BCUT2D eigenvalue weighted by molar-refractivity contribution is 0.450. The molecular formula is C10H10BrN3O2. The lowest BCUT2D eigenvalue weighted by Gasteiger charge is -2.04. The van der Waals surface area contributed by atoms with Crippen molar-refractivity contribution in [1.29, 1.82) is 0 Å². The Morgan fingerprint density at radius 3 is 2.75 bits per heavy atom. The molecule has 0 aliphatic heterocycles. The number of H-pyrrole nitrogens is 2. The number of aromatic amines is 2. The molecule has 0 aliphatic carbocycles. The van der Waals surface area contributed by atoms with E-state index >= 15 is 0 Å². The zero-order chi connectivity index (χ0) is 11.7. The van der Waals surface area contributed by atoms with Gasteiger partial charge in [0.15, 0.2) is 0 Å². The summed E-state index contributed by atoms with van der Waals surface area (Å²) in [6.07, 6.45) is 0.371. The maximum atomic E-state index is 10.9. The molecule has 0 saturated carbocycles. The van der Waals surface area contributed by atoms with Gasteiger partial charge in [0.25, 0.3) is 0 Å². The first kappa shape index (κ1) is 10.8. The van der Waals surface area contributed by atoms with E-state index in [4.69, 9.17) is 5.73 Å². The average molecular weight is 284 g/mol. The molecule has 1 aromatic heterocycles. The third kappa shape index (κ3) is 2.11. The maximum absolute atomic E-state index is 10.9. The minimum Gasteiger partial charge on any atom is -0.493 e. The van der Waals surface area contributed by atoms with Crippen LogP contribution in [0.25, 0.3) is 0 Å². The van der Waals surface area contributed by atoms with Crippen molar-refractivity contribution in [3.63, 3.8) is 0 Å². The quantitative estimate of drug-likeness (QED) is 0.627. The van der Waals surface area contributed by atoms with Gasteiger partial charge < -0.3 is 15.8 Å². The third-order valence-electron chi connectivity index (χ3n) is 2.25. The highest BCUT2D eigenvalue weighted by molar-refractivity contribution is 9.10.